The molecule has 20 heavy (non-hydrogen) atoms. The van der Waals surface area contributed by atoms with Crippen LogP contribution < -0.4 is 20.5 Å². The van der Waals surface area contributed by atoms with Gasteiger partial charge >= 0.3 is 0 Å². The summed E-state index contributed by atoms with van der Waals surface area (Å²) in [7, 11) is 1.54. The minimum absolute atomic E-state index is 0.132. The van der Waals surface area contributed by atoms with E-state index in [0.29, 0.717) is 22.5 Å². The minimum Gasteiger partial charge on any atom is -0.493 e. The second kappa shape index (κ2) is 8.46. The van der Waals surface area contributed by atoms with Gasteiger partial charge in [-0.3, -0.25) is 4.79 Å². The van der Waals surface area contributed by atoms with Crippen molar-refractivity contribution in [3.63, 3.8) is 0 Å². The number of terminal acetylenes is 1. The van der Waals surface area contributed by atoms with E-state index in [-0.39, 0.29) is 19.1 Å². The monoisotopic (exact) mass is 340 g/mol. The van der Waals surface area contributed by atoms with Crippen molar-refractivity contribution in [2.24, 2.45) is 5.73 Å². The summed E-state index contributed by atoms with van der Waals surface area (Å²) in [5.41, 5.74) is 6.56. The van der Waals surface area contributed by atoms with Gasteiger partial charge < -0.3 is 20.5 Å². The Balaban J connectivity index is 2.79. The molecule has 5 nitrogen and oxygen atoms in total. The molecule has 0 bridgehead atoms. The van der Waals surface area contributed by atoms with E-state index >= 15 is 0 Å². The normalized spacial score (nSPS) is 9.70. The Morgan fingerprint density at radius 1 is 1.55 bits per heavy atom. The number of carbonyl (C=O) groups excluding carboxylic acids is 1. The predicted octanol–water partition coefficient (Wildman–Crippen LogP) is 1.09. The Morgan fingerprint density at radius 3 is 2.90 bits per heavy atom. The van der Waals surface area contributed by atoms with Gasteiger partial charge in [0.25, 0.3) is 5.91 Å². The summed E-state index contributed by atoms with van der Waals surface area (Å²) >= 11 is 3.40. The van der Waals surface area contributed by atoms with Crippen molar-refractivity contribution in [1.82, 2.24) is 5.32 Å². The molecule has 0 aromatic heterocycles. The predicted molar refractivity (Wildman–Crippen MR) is 80.8 cm³/mol. The van der Waals surface area contributed by atoms with Crippen LogP contribution in [0.4, 0.5) is 0 Å². The molecule has 0 radical (unpaired) electrons. The maximum absolute atomic E-state index is 11.5. The lowest BCUT2D eigenvalue weighted by Gasteiger charge is -2.14. The Hall–Kier alpha value is -1.71. The summed E-state index contributed by atoms with van der Waals surface area (Å²) in [6.07, 6.45) is 5.79. The zero-order chi connectivity index (χ0) is 15.0. The average molecular weight is 341 g/mol. The molecule has 0 fully saturated rings. The molecular formula is C14H17BrN2O3. The number of hydrogen-bond donors (Lipinski definition) is 2. The van der Waals surface area contributed by atoms with Gasteiger partial charge in [0.15, 0.2) is 18.1 Å². The molecule has 1 amide bonds. The summed E-state index contributed by atoms with van der Waals surface area (Å²) in [5, 5.41) is 2.52. The second-order valence-electron chi connectivity index (χ2n) is 3.92. The zero-order valence-corrected chi connectivity index (χ0v) is 12.8. The quantitative estimate of drug-likeness (QED) is 0.728. The first-order chi connectivity index (χ1) is 9.62. The van der Waals surface area contributed by atoms with Crippen LogP contribution in [-0.2, 0) is 11.2 Å². The van der Waals surface area contributed by atoms with Crippen LogP contribution in [0.25, 0.3) is 0 Å². The second-order valence-corrected chi connectivity index (χ2v) is 4.77. The van der Waals surface area contributed by atoms with Crippen LogP contribution in [-0.4, -0.2) is 32.7 Å². The standard InChI is InChI=1S/C14H17BrN2O3/c1-3-6-17-13(18)9-20-14-11(15)7-10(4-5-16)8-12(14)19-2/h1,7-8H,4-6,9,16H2,2H3,(H,17,18). The molecule has 0 heterocycles. The third-order valence-corrected chi connectivity index (χ3v) is 3.05. The maximum Gasteiger partial charge on any atom is 0.258 e. The number of ether oxygens (including phenoxy) is 2. The van der Waals surface area contributed by atoms with E-state index in [9.17, 15) is 4.79 Å². The molecule has 0 aliphatic rings. The topological polar surface area (TPSA) is 73.6 Å². The van der Waals surface area contributed by atoms with Crippen LogP contribution in [0.1, 0.15) is 5.56 Å². The van der Waals surface area contributed by atoms with Crippen LogP contribution >= 0.6 is 15.9 Å². The van der Waals surface area contributed by atoms with E-state index in [1.807, 2.05) is 12.1 Å². The number of methoxy groups -OCH3 is 1. The summed E-state index contributed by atoms with van der Waals surface area (Å²) in [5.74, 6) is 3.05. The molecule has 6 heteroatoms. The van der Waals surface area contributed by atoms with Gasteiger partial charge in [-0.1, -0.05) is 5.92 Å². The van der Waals surface area contributed by atoms with E-state index in [1.165, 1.54) is 0 Å². The van der Waals surface area contributed by atoms with Crippen molar-refractivity contribution < 1.29 is 14.3 Å². The molecule has 0 spiro atoms. The maximum atomic E-state index is 11.5. The molecule has 1 rings (SSSR count). The molecule has 0 unspecified atom stereocenters. The highest BCUT2D eigenvalue weighted by molar-refractivity contribution is 9.10. The lowest BCUT2D eigenvalue weighted by atomic mass is 10.1. The molecule has 3 N–H and O–H groups in total. The third kappa shape index (κ3) is 4.76. The molecule has 0 aliphatic heterocycles. The van der Waals surface area contributed by atoms with Gasteiger partial charge in [0.1, 0.15) is 0 Å². The van der Waals surface area contributed by atoms with Crippen molar-refractivity contribution >= 4 is 21.8 Å². The van der Waals surface area contributed by atoms with E-state index in [2.05, 4.69) is 27.2 Å². The third-order valence-electron chi connectivity index (χ3n) is 2.46. The van der Waals surface area contributed by atoms with Crippen molar-refractivity contribution in [1.29, 1.82) is 0 Å². The lowest BCUT2D eigenvalue weighted by Crippen LogP contribution is -2.29. The SMILES string of the molecule is C#CCNC(=O)COc1c(Br)cc(CCN)cc1OC. The van der Waals surface area contributed by atoms with Crippen molar-refractivity contribution in [2.75, 3.05) is 26.8 Å². The smallest absolute Gasteiger partial charge is 0.258 e. The number of amides is 1. The Bertz CT molecular complexity index is 512. The van der Waals surface area contributed by atoms with E-state index in [1.54, 1.807) is 7.11 Å². The number of carbonyl (C=O) groups is 1. The number of nitrogens with one attached hydrogen (secondary N) is 1. The van der Waals surface area contributed by atoms with Gasteiger partial charge in [-0.05, 0) is 46.6 Å². The average Bonchev–Trinajstić information content (AvgIpc) is 2.43. The summed E-state index contributed by atoms with van der Waals surface area (Å²) < 4.78 is 11.4. The van der Waals surface area contributed by atoms with E-state index < -0.39 is 0 Å². The fraction of sp³-hybridized carbons (Fsp3) is 0.357. The molecule has 0 saturated heterocycles. The number of nitrogens with two attached hydrogens (primary N) is 1. The first-order valence-corrected chi connectivity index (χ1v) is 6.81. The van der Waals surface area contributed by atoms with Crippen LogP contribution in [0.2, 0.25) is 0 Å². The van der Waals surface area contributed by atoms with Gasteiger partial charge in [0.2, 0.25) is 0 Å². The number of hydrogen-bond acceptors (Lipinski definition) is 4. The summed E-state index contributed by atoms with van der Waals surface area (Å²) in [6.45, 7) is 0.590. The molecule has 1 aromatic rings. The first kappa shape index (κ1) is 16.3. The van der Waals surface area contributed by atoms with Crippen LogP contribution in [0.3, 0.4) is 0 Å². The van der Waals surface area contributed by atoms with E-state index in [4.69, 9.17) is 21.6 Å². The van der Waals surface area contributed by atoms with Crippen LogP contribution in [0.5, 0.6) is 11.5 Å². The Kier molecular flexibility index (Phi) is 6.91. The van der Waals surface area contributed by atoms with Gasteiger partial charge in [0, 0.05) is 0 Å². The Labute approximate surface area is 126 Å². The van der Waals surface area contributed by atoms with Crippen molar-refractivity contribution in [3.8, 4) is 23.8 Å². The molecule has 108 valence electrons. The van der Waals surface area contributed by atoms with Crippen molar-refractivity contribution in [2.45, 2.75) is 6.42 Å². The lowest BCUT2D eigenvalue weighted by molar-refractivity contribution is -0.122. The van der Waals surface area contributed by atoms with Crippen LogP contribution in [0, 0.1) is 12.3 Å². The highest BCUT2D eigenvalue weighted by Gasteiger charge is 2.13. The zero-order valence-electron chi connectivity index (χ0n) is 11.2. The number of benzene rings is 1. The Morgan fingerprint density at radius 2 is 2.30 bits per heavy atom. The van der Waals surface area contributed by atoms with Gasteiger partial charge in [0.05, 0.1) is 18.1 Å². The first-order valence-electron chi connectivity index (χ1n) is 6.01. The van der Waals surface area contributed by atoms with Gasteiger partial charge in [-0.25, -0.2) is 0 Å². The fourth-order valence-electron chi connectivity index (χ4n) is 1.56. The summed E-state index contributed by atoms with van der Waals surface area (Å²) in [6, 6.07) is 3.73. The van der Waals surface area contributed by atoms with Crippen LogP contribution in [0.15, 0.2) is 16.6 Å². The molecule has 0 atom stereocenters. The van der Waals surface area contributed by atoms with Gasteiger partial charge in [-0.15, -0.1) is 6.42 Å². The molecular weight excluding hydrogens is 324 g/mol. The number of halogens is 1. The largest absolute Gasteiger partial charge is 0.493 e. The van der Waals surface area contributed by atoms with E-state index in [0.717, 1.165) is 12.0 Å². The van der Waals surface area contributed by atoms with Gasteiger partial charge in [-0.2, -0.15) is 0 Å². The van der Waals surface area contributed by atoms with Crippen molar-refractivity contribution in [3.05, 3.63) is 22.2 Å². The summed E-state index contributed by atoms with van der Waals surface area (Å²) in [4.78, 5) is 11.5. The molecule has 0 saturated carbocycles. The number of rotatable bonds is 7. The fourth-order valence-corrected chi connectivity index (χ4v) is 2.17. The minimum atomic E-state index is -0.289. The molecule has 1 aromatic carbocycles. The highest BCUT2D eigenvalue weighted by Crippen LogP contribution is 2.36. The highest BCUT2D eigenvalue weighted by atomic mass is 79.9. The molecule has 0 aliphatic carbocycles.